The molecule has 8 N–H and O–H groups in total. The van der Waals surface area contributed by atoms with Crippen LogP contribution in [0.3, 0.4) is 0 Å². The van der Waals surface area contributed by atoms with E-state index in [1.807, 2.05) is 37.3 Å². The average molecular weight is 1110 g/mol. The van der Waals surface area contributed by atoms with E-state index >= 15 is 0 Å². The summed E-state index contributed by atoms with van der Waals surface area (Å²) >= 11 is 0. The number of aliphatic hydroxyl groups is 4. The van der Waals surface area contributed by atoms with Gasteiger partial charge in [0.15, 0.2) is 12.3 Å². The minimum atomic E-state index is -5.47. The second-order valence-electron chi connectivity index (χ2n) is 19.2. The van der Waals surface area contributed by atoms with Gasteiger partial charge in [-0.25, -0.2) is 13.9 Å². The van der Waals surface area contributed by atoms with E-state index < -0.39 is 95.9 Å². The van der Waals surface area contributed by atoms with Crippen molar-refractivity contribution in [1.29, 1.82) is 0 Å². The molecule has 432 valence electrons. The molecule has 2 rings (SSSR count). The van der Waals surface area contributed by atoms with Crippen molar-refractivity contribution in [3.05, 3.63) is 95.7 Å². The van der Waals surface area contributed by atoms with Crippen molar-refractivity contribution in [3.8, 4) is 0 Å². The molecule has 2 heterocycles. The number of nitrogen functional groups attached to an aromatic ring is 1. The van der Waals surface area contributed by atoms with Crippen LogP contribution in [-0.4, -0.2) is 108 Å². The summed E-state index contributed by atoms with van der Waals surface area (Å²) in [5.74, 6) is -0.690. The van der Waals surface area contributed by atoms with E-state index in [1.54, 1.807) is 42.5 Å². The normalized spacial score (nSPS) is 20.2. The van der Waals surface area contributed by atoms with Crippen LogP contribution in [0.15, 0.2) is 90.0 Å². The second-order valence-corrected chi connectivity index (χ2v) is 22.3. The lowest BCUT2D eigenvalue weighted by molar-refractivity contribution is -0.161. The molecule has 1 aromatic heterocycles. The molecule has 22 heteroatoms. The minimum Gasteiger partial charge on any atom is -0.462 e. The van der Waals surface area contributed by atoms with Gasteiger partial charge in [0.2, 0.25) is 0 Å². The first-order chi connectivity index (χ1) is 36.3. The summed E-state index contributed by atoms with van der Waals surface area (Å²) < 4.78 is 56.7. The van der Waals surface area contributed by atoms with E-state index in [9.17, 15) is 53.7 Å². The van der Waals surface area contributed by atoms with Crippen molar-refractivity contribution in [2.45, 2.75) is 205 Å². The monoisotopic (exact) mass is 1110 g/mol. The molecular formula is C54H89N3O17P2. The van der Waals surface area contributed by atoms with E-state index in [4.69, 9.17) is 29.0 Å². The number of phosphoric ester groups is 2. The highest BCUT2D eigenvalue weighted by atomic mass is 31.3. The van der Waals surface area contributed by atoms with E-state index in [2.05, 4.69) is 23.1 Å². The van der Waals surface area contributed by atoms with Crippen molar-refractivity contribution in [2.24, 2.45) is 5.92 Å². The van der Waals surface area contributed by atoms with E-state index in [-0.39, 0.29) is 25.1 Å². The first kappa shape index (κ1) is 68.2. The largest absolute Gasteiger partial charge is 0.481 e. The summed E-state index contributed by atoms with van der Waals surface area (Å²) in [5, 5.41) is 41.0. The number of hydrogen-bond donors (Lipinski definition) is 7. The number of rotatable bonds is 43. The standard InChI is InChI=1S/C54H89N3O17P2/c1-4-5-24-32-44(58)34-27-22-23-28-35-45(59)33-26-19-16-17-21-30-37-50(61)72-46(40-69-49(60)36-29-20-15-13-11-9-7-6-8-10-12-14-18-25-31-43(2)3)41-70-75(65,66)74-76(67,68)71-42-47-51(62)52(63)53(73-47)57-39-38-48(55)56-54(57)64/h5,17,19,21-24,26-28,34-35,38-39,43-47,51-53,58-59,62-63H,4,6-16,18,20,25,29-33,36-37,40-42H2,1-3H3,(H,65,66)(H,67,68)(H2,55,56,64)/b21-17-,23-22-,24-5-,26-19-,34-27+,35-28+/t44-,45+,46+,47+,51+,52+,53+/m0/s1. The number of allylic oxidation sites excluding steroid dienone is 8. The van der Waals surface area contributed by atoms with E-state index in [0.717, 1.165) is 48.8 Å². The molecule has 0 saturated carbocycles. The van der Waals surface area contributed by atoms with Crippen LogP contribution in [0.1, 0.15) is 168 Å². The van der Waals surface area contributed by atoms with Gasteiger partial charge in [0.25, 0.3) is 0 Å². The van der Waals surface area contributed by atoms with Gasteiger partial charge in [0.05, 0.1) is 25.4 Å². The Hall–Kier alpha value is -3.88. The summed E-state index contributed by atoms with van der Waals surface area (Å²) in [6, 6.07) is 1.24. The van der Waals surface area contributed by atoms with Crippen molar-refractivity contribution >= 4 is 33.4 Å². The number of nitrogens with zero attached hydrogens (tertiary/aromatic N) is 2. The molecule has 9 atom stereocenters. The van der Waals surface area contributed by atoms with Crippen LogP contribution in [-0.2, 0) is 46.3 Å². The molecule has 0 aliphatic carbocycles. The third kappa shape index (κ3) is 33.4. The molecule has 1 aromatic rings. The zero-order valence-corrected chi connectivity index (χ0v) is 46.7. The summed E-state index contributed by atoms with van der Waals surface area (Å²) in [4.78, 5) is 62.0. The number of hydrogen-bond acceptors (Lipinski definition) is 17. The summed E-state index contributed by atoms with van der Waals surface area (Å²) in [7, 11) is -10.9. The number of aliphatic hydroxyl groups excluding tert-OH is 4. The number of aromatic nitrogens is 2. The molecule has 0 aromatic carbocycles. The number of phosphoric acid groups is 2. The van der Waals surface area contributed by atoms with Crippen molar-refractivity contribution in [1.82, 2.24) is 9.55 Å². The Labute approximate surface area is 450 Å². The lowest BCUT2D eigenvalue weighted by Gasteiger charge is -2.21. The Morgan fingerprint density at radius 1 is 0.737 bits per heavy atom. The summed E-state index contributed by atoms with van der Waals surface area (Å²) in [6.45, 7) is 4.12. The lowest BCUT2D eigenvalue weighted by Crippen LogP contribution is -2.36. The van der Waals surface area contributed by atoms with E-state index in [1.165, 1.54) is 70.3 Å². The number of esters is 2. The zero-order chi connectivity index (χ0) is 56.0. The predicted molar refractivity (Wildman–Crippen MR) is 291 cm³/mol. The molecule has 0 radical (unpaired) electrons. The maximum atomic E-state index is 12.9. The molecule has 1 saturated heterocycles. The van der Waals surface area contributed by atoms with Crippen LogP contribution in [0.25, 0.3) is 0 Å². The number of carbonyl (C=O) groups is 2. The fraction of sp³-hybridized carbons (Fsp3) is 0.667. The topological polar surface area (TPSA) is 306 Å². The number of nitrogens with two attached hydrogens (primary N) is 1. The fourth-order valence-electron chi connectivity index (χ4n) is 7.70. The summed E-state index contributed by atoms with van der Waals surface area (Å²) in [5.41, 5.74) is 4.57. The molecule has 20 nitrogen and oxygen atoms in total. The van der Waals surface area contributed by atoms with Crippen molar-refractivity contribution < 1.29 is 76.5 Å². The molecule has 0 spiro atoms. The molecule has 1 aliphatic heterocycles. The third-order valence-corrected chi connectivity index (χ3v) is 14.5. The van der Waals surface area contributed by atoms with Gasteiger partial charge in [-0.2, -0.15) is 9.29 Å². The molecular weight excluding hydrogens is 1020 g/mol. The van der Waals surface area contributed by atoms with Crippen LogP contribution in [0, 0.1) is 5.92 Å². The minimum absolute atomic E-state index is 0.0880. The lowest BCUT2D eigenvalue weighted by atomic mass is 10.0. The predicted octanol–water partition coefficient (Wildman–Crippen LogP) is 9.47. The van der Waals surface area contributed by atoms with Gasteiger partial charge in [-0.1, -0.05) is 184 Å². The SMILES string of the molecule is CC/C=C\C[C@H](O)/C=C/C=C\C=C\[C@H](O)C/C=C\C/C=C\CCC(=O)O[C@H](COC(=O)CCCCCCCCCCCCCCCCC(C)C)COP(=O)(O)OP(=O)(O)OC[C@H]1O[C@@H](n2ccc(N)nc2=O)[C@H](O)[C@@H]1O. The van der Waals surface area contributed by atoms with Gasteiger partial charge < -0.3 is 50.2 Å². The van der Waals surface area contributed by atoms with Gasteiger partial charge >= 0.3 is 33.3 Å². The van der Waals surface area contributed by atoms with Crippen LogP contribution < -0.4 is 11.4 Å². The highest BCUT2D eigenvalue weighted by Gasteiger charge is 2.46. The maximum Gasteiger partial charge on any atom is 0.481 e. The first-order valence-electron chi connectivity index (χ1n) is 27.0. The Balaban J connectivity index is 1.84. The number of ether oxygens (including phenoxy) is 3. The third-order valence-electron chi connectivity index (χ3n) is 11.9. The van der Waals surface area contributed by atoms with Crippen molar-refractivity contribution in [2.75, 3.05) is 25.6 Å². The van der Waals surface area contributed by atoms with Crippen LogP contribution in [0.5, 0.6) is 0 Å². The Morgan fingerprint density at radius 3 is 1.87 bits per heavy atom. The fourth-order valence-corrected chi connectivity index (χ4v) is 9.81. The number of unbranched alkanes of at least 4 members (excludes halogenated alkanes) is 13. The molecule has 1 aliphatic rings. The summed E-state index contributed by atoms with van der Waals surface area (Å²) in [6.07, 6.45) is 33.4. The average Bonchev–Trinajstić information content (AvgIpc) is 3.64. The van der Waals surface area contributed by atoms with Gasteiger partial charge in [-0.3, -0.25) is 23.2 Å². The molecule has 76 heavy (non-hydrogen) atoms. The van der Waals surface area contributed by atoms with E-state index in [0.29, 0.717) is 25.7 Å². The smallest absolute Gasteiger partial charge is 0.462 e. The highest BCUT2D eigenvalue weighted by molar-refractivity contribution is 7.61. The van der Waals surface area contributed by atoms with Crippen LogP contribution in [0.2, 0.25) is 0 Å². The molecule has 2 unspecified atom stereocenters. The maximum absolute atomic E-state index is 12.9. The molecule has 0 bridgehead atoms. The van der Waals surface area contributed by atoms with Gasteiger partial charge in [-0.15, -0.1) is 0 Å². The molecule has 1 fully saturated rings. The first-order valence-corrected chi connectivity index (χ1v) is 30.0. The number of anilines is 1. The number of carbonyl (C=O) groups excluding carboxylic acids is 2. The Kier molecular flexibility index (Phi) is 36.2. The quantitative estimate of drug-likeness (QED) is 0.0105. The van der Waals surface area contributed by atoms with Crippen molar-refractivity contribution in [3.63, 3.8) is 0 Å². The Morgan fingerprint density at radius 2 is 1.29 bits per heavy atom. The molecule has 0 amide bonds. The highest BCUT2D eigenvalue weighted by Crippen LogP contribution is 2.60. The second kappa shape index (κ2) is 40.3. The van der Waals surface area contributed by atoms with Crippen LogP contribution in [0.4, 0.5) is 5.82 Å². The van der Waals surface area contributed by atoms with Crippen LogP contribution >= 0.6 is 15.6 Å². The van der Waals surface area contributed by atoms with Gasteiger partial charge in [-0.05, 0) is 50.5 Å². The Bertz CT molecular complexity index is 2110. The van der Waals surface area contributed by atoms with Gasteiger partial charge in [0, 0.05) is 19.0 Å². The van der Waals surface area contributed by atoms with Gasteiger partial charge in [0.1, 0.15) is 30.7 Å². The zero-order valence-electron chi connectivity index (χ0n) is 44.9.